The molecule has 0 fully saturated rings. The molecule has 2 aromatic rings. The molecule has 0 saturated carbocycles. The average Bonchev–Trinajstić information content (AvgIpc) is 2.38. The van der Waals surface area contributed by atoms with Crippen LogP contribution in [0, 0.1) is 0 Å². The van der Waals surface area contributed by atoms with Gasteiger partial charge in [-0.15, -0.1) is 0 Å². The van der Waals surface area contributed by atoms with Crippen LogP contribution in [0.4, 0.5) is 0 Å². The number of Topliss-reactive ketones (excluding diaryl/α,β-unsaturated/α-hetero) is 1. The minimum absolute atomic E-state index is 0.0485. The molecule has 0 bridgehead atoms. The first-order valence-corrected chi connectivity index (χ1v) is 6.89. The van der Waals surface area contributed by atoms with Gasteiger partial charge in [0.1, 0.15) is 0 Å². The summed E-state index contributed by atoms with van der Waals surface area (Å²) in [4.78, 5) is 13.6. The fourth-order valence-electron chi connectivity index (χ4n) is 2.17. The highest BCUT2D eigenvalue weighted by atomic mass is 35.5. The molecule has 0 radical (unpaired) electrons. The van der Waals surface area contributed by atoms with Crippen LogP contribution < -0.4 is 0 Å². The lowest BCUT2D eigenvalue weighted by atomic mass is 9.99. The number of rotatable bonds is 4. The molecule has 3 heteroatoms. The van der Waals surface area contributed by atoms with Gasteiger partial charge in [-0.3, -0.25) is 4.79 Å². The summed E-state index contributed by atoms with van der Waals surface area (Å²) < 4.78 is 0. The summed E-state index contributed by atoms with van der Waals surface area (Å²) >= 11 is 6.27. The fraction of sp³-hybridized carbons (Fsp3) is 0.235. The topological polar surface area (TPSA) is 20.3 Å². The van der Waals surface area contributed by atoms with Crippen molar-refractivity contribution in [3.63, 3.8) is 0 Å². The van der Waals surface area contributed by atoms with Crippen molar-refractivity contribution < 1.29 is 4.79 Å². The third-order valence-corrected chi connectivity index (χ3v) is 3.44. The largest absolute Gasteiger partial charge is 0.305 e. The zero-order valence-corrected chi connectivity index (χ0v) is 12.7. The van der Waals surface area contributed by atoms with Gasteiger partial charge < -0.3 is 4.90 Å². The molecule has 0 amide bonds. The number of hydrogen-bond donors (Lipinski definition) is 0. The van der Waals surface area contributed by atoms with Crippen molar-refractivity contribution in [2.45, 2.75) is 13.5 Å². The van der Waals surface area contributed by atoms with E-state index >= 15 is 0 Å². The number of benzene rings is 2. The van der Waals surface area contributed by atoms with E-state index in [0.717, 1.165) is 17.7 Å². The monoisotopic (exact) mass is 287 g/mol. The van der Waals surface area contributed by atoms with E-state index in [9.17, 15) is 4.79 Å². The molecule has 20 heavy (non-hydrogen) atoms. The molecular formula is C17H18ClNO. The predicted molar refractivity (Wildman–Crippen MR) is 84.3 cm³/mol. The van der Waals surface area contributed by atoms with Crippen molar-refractivity contribution in [2.75, 3.05) is 14.1 Å². The van der Waals surface area contributed by atoms with Crippen LogP contribution in [0.2, 0.25) is 5.02 Å². The molecule has 0 aromatic heterocycles. The van der Waals surface area contributed by atoms with Crippen molar-refractivity contribution in [3.8, 4) is 11.1 Å². The summed E-state index contributed by atoms with van der Waals surface area (Å²) in [6.45, 7) is 2.44. The van der Waals surface area contributed by atoms with Crippen LogP contribution in [0.15, 0.2) is 42.5 Å². The molecule has 104 valence electrons. The quantitative estimate of drug-likeness (QED) is 0.783. The second-order valence-electron chi connectivity index (χ2n) is 5.19. The van der Waals surface area contributed by atoms with Crippen molar-refractivity contribution >= 4 is 17.4 Å². The minimum Gasteiger partial charge on any atom is -0.305 e. The smallest absolute Gasteiger partial charge is 0.159 e. The van der Waals surface area contributed by atoms with Gasteiger partial charge >= 0.3 is 0 Å². The number of halogens is 1. The van der Waals surface area contributed by atoms with Gasteiger partial charge in [-0.2, -0.15) is 0 Å². The van der Waals surface area contributed by atoms with Crippen molar-refractivity contribution in [1.82, 2.24) is 4.90 Å². The van der Waals surface area contributed by atoms with Crippen molar-refractivity contribution in [1.29, 1.82) is 0 Å². The average molecular weight is 288 g/mol. The number of carbonyl (C=O) groups is 1. The molecule has 0 heterocycles. The predicted octanol–water partition coefficient (Wildman–Crippen LogP) is 4.27. The summed E-state index contributed by atoms with van der Waals surface area (Å²) in [5.74, 6) is 0.0485. The normalized spacial score (nSPS) is 10.8. The Morgan fingerprint density at radius 1 is 1.15 bits per heavy atom. The Bertz CT molecular complexity index is 635. The van der Waals surface area contributed by atoms with E-state index < -0.39 is 0 Å². The van der Waals surface area contributed by atoms with E-state index in [2.05, 4.69) is 17.0 Å². The molecule has 2 aromatic carbocycles. The Kier molecular flexibility index (Phi) is 4.58. The highest BCUT2D eigenvalue weighted by Crippen LogP contribution is 2.29. The summed E-state index contributed by atoms with van der Waals surface area (Å²) in [7, 11) is 4.08. The van der Waals surface area contributed by atoms with Crippen LogP contribution in [-0.4, -0.2) is 24.8 Å². The fourth-order valence-corrected chi connectivity index (χ4v) is 2.39. The molecule has 0 saturated heterocycles. The molecule has 0 spiro atoms. The van der Waals surface area contributed by atoms with Gasteiger partial charge in [-0.05, 0) is 56.4 Å². The number of carbonyl (C=O) groups excluding carboxylic acids is 1. The van der Waals surface area contributed by atoms with Crippen LogP contribution in [-0.2, 0) is 6.54 Å². The molecule has 0 atom stereocenters. The van der Waals surface area contributed by atoms with Gasteiger partial charge in [0.2, 0.25) is 0 Å². The van der Waals surface area contributed by atoms with Crippen LogP contribution in [0.1, 0.15) is 22.8 Å². The van der Waals surface area contributed by atoms with E-state index in [-0.39, 0.29) is 5.78 Å². The Labute approximate surface area is 125 Å². The van der Waals surface area contributed by atoms with Crippen molar-refractivity contribution in [3.05, 3.63) is 58.6 Å². The number of hydrogen-bond acceptors (Lipinski definition) is 2. The van der Waals surface area contributed by atoms with Crippen LogP contribution in [0.3, 0.4) is 0 Å². The Balaban J connectivity index is 2.45. The Morgan fingerprint density at radius 2 is 1.90 bits per heavy atom. The van der Waals surface area contributed by atoms with Crippen LogP contribution in [0.5, 0.6) is 0 Å². The van der Waals surface area contributed by atoms with Gasteiger partial charge in [0, 0.05) is 22.7 Å². The summed E-state index contributed by atoms with van der Waals surface area (Å²) in [5.41, 5.74) is 3.84. The summed E-state index contributed by atoms with van der Waals surface area (Å²) in [6, 6.07) is 13.6. The highest BCUT2D eigenvalue weighted by molar-refractivity contribution is 6.33. The molecule has 0 unspecified atom stereocenters. The highest BCUT2D eigenvalue weighted by Gasteiger charge is 2.08. The van der Waals surface area contributed by atoms with Crippen LogP contribution in [0.25, 0.3) is 11.1 Å². The SMILES string of the molecule is CC(=O)c1ccc(Cl)c(-c2cccc(CN(C)C)c2)c1. The Hall–Kier alpha value is -1.64. The van der Waals surface area contributed by atoms with E-state index in [1.807, 2.05) is 32.3 Å². The molecule has 0 aliphatic carbocycles. The first kappa shape index (κ1) is 14.8. The lowest BCUT2D eigenvalue weighted by Gasteiger charge is -2.12. The molecule has 0 aliphatic rings. The second-order valence-corrected chi connectivity index (χ2v) is 5.60. The molecule has 0 aliphatic heterocycles. The maximum atomic E-state index is 11.5. The van der Waals surface area contributed by atoms with Gasteiger partial charge in [0.15, 0.2) is 5.78 Å². The minimum atomic E-state index is 0.0485. The van der Waals surface area contributed by atoms with Crippen LogP contribution >= 0.6 is 11.6 Å². The maximum Gasteiger partial charge on any atom is 0.159 e. The Morgan fingerprint density at radius 3 is 2.55 bits per heavy atom. The van der Waals surface area contributed by atoms with E-state index in [1.54, 1.807) is 19.1 Å². The second kappa shape index (κ2) is 6.21. The van der Waals surface area contributed by atoms with Crippen molar-refractivity contribution in [2.24, 2.45) is 0 Å². The maximum absolute atomic E-state index is 11.5. The molecular weight excluding hydrogens is 270 g/mol. The molecule has 2 nitrogen and oxygen atoms in total. The lowest BCUT2D eigenvalue weighted by Crippen LogP contribution is -2.10. The van der Waals surface area contributed by atoms with E-state index in [0.29, 0.717) is 10.6 Å². The molecule has 2 rings (SSSR count). The zero-order chi connectivity index (χ0) is 14.7. The van der Waals surface area contributed by atoms with Gasteiger partial charge in [-0.25, -0.2) is 0 Å². The van der Waals surface area contributed by atoms with E-state index in [1.165, 1.54) is 5.56 Å². The van der Waals surface area contributed by atoms with E-state index in [4.69, 9.17) is 11.6 Å². The standard InChI is InChI=1S/C17H18ClNO/c1-12(20)14-7-8-17(18)16(10-14)15-6-4-5-13(9-15)11-19(2)3/h4-10H,11H2,1-3H3. The zero-order valence-electron chi connectivity index (χ0n) is 12.0. The van der Waals surface area contributed by atoms with Gasteiger partial charge in [0.25, 0.3) is 0 Å². The van der Waals surface area contributed by atoms with Gasteiger partial charge in [0.05, 0.1) is 0 Å². The molecule has 0 N–H and O–H groups in total. The summed E-state index contributed by atoms with van der Waals surface area (Å²) in [6.07, 6.45) is 0. The third kappa shape index (κ3) is 3.47. The third-order valence-electron chi connectivity index (χ3n) is 3.11. The first-order chi connectivity index (χ1) is 9.47. The number of ketones is 1. The summed E-state index contributed by atoms with van der Waals surface area (Å²) in [5, 5.41) is 0.664. The van der Waals surface area contributed by atoms with Gasteiger partial charge in [-0.1, -0.05) is 29.8 Å². The number of nitrogens with zero attached hydrogens (tertiary/aromatic N) is 1. The lowest BCUT2D eigenvalue weighted by molar-refractivity contribution is 0.101. The first-order valence-electron chi connectivity index (χ1n) is 6.52.